The molecular weight excluding hydrogens is 432 g/mol. The topological polar surface area (TPSA) is 26.0 Å². The summed E-state index contributed by atoms with van der Waals surface area (Å²) in [6, 6.07) is 7.93. The van der Waals surface area contributed by atoms with Crippen LogP contribution in [0, 0.1) is 10.5 Å². The zero-order valence-electron chi connectivity index (χ0n) is 9.01. The molecule has 2 rings (SSSR count). The van der Waals surface area contributed by atoms with Crippen molar-refractivity contribution < 1.29 is 0 Å². The molecule has 1 aromatic heterocycles. The standard InChI is InChI=1S/C12H10BrClINS/c1-6-8(13)5-11(17-6)12(16)7-2-3-10(15)9(14)4-7/h2-5,12H,16H2,1H3. The van der Waals surface area contributed by atoms with Gasteiger partial charge in [-0.15, -0.1) is 11.3 Å². The molecule has 0 saturated carbocycles. The Morgan fingerprint density at radius 2 is 2.12 bits per heavy atom. The third kappa shape index (κ3) is 3.04. The number of hydrogen-bond donors (Lipinski definition) is 1. The van der Waals surface area contributed by atoms with E-state index in [4.69, 9.17) is 17.3 Å². The molecule has 0 spiro atoms. The van der Waals surface area contributed by atoms with E-state index in [2.05, 4.69) is 51.5 Å². The van der Waals surface area contributed by atoms with E-state index in [1.54, 1.807) is 11.3 Å². The second-order valence-corrected chi connectivity index (χ2v) is 7.42. The average Bonchev–Trinajstić information content (AvgIpc) is 2.62. The molecule has 0 saturated heterocycles. The van der Waals surface area contributed by atoms with Gasteiger partial charge in [0.2, 0.25) is 0 Å². The maximum Gasteiger partial charge on any atom is 0.0647 e. The van der Waals surface area contributed by atoms with Gasteiger partial charge in [-0.1, -0.05) is 17.7 Å². The summed E-state index contributed by atoms with van der Waals surface area (Å²) in [7, 11) is 0. The van der Waals surface area contributed by atoms with Crippen molar-refractivity contribution in [3.8, 4) is 0 Å². The first-order valence-corrected chi connectivity index (χ1v) is 8.02. The average molecular weight is 443 g/mol. The van der Waals surface area contributed by atoms with Crippen LogP contribution in [0.25, 0.3) is 0 Å². The number of benzene rings is 1. The zero-order chi connectivity index (χ0) is 12.6. The minimum absolute atomic E-state index is 0.112. The number of aryl methyl sites for hydroxylation is 1. The van der Waals surface area contributed by atoms with Crippen LogP contribution in [0.2, 0.25) is 5.02 Å². The number of hydrogen-bond acceptors (Lipinski definition) is 2. The molecule has 5 heteroatoms. The highest BCUT2D eigenvalue weighted by Gasteiger charge is 2.14. The van der Waals surface area contributed by atoms with Crippen LogP contribution >= 0.6 is 61.5 Å². The molecule has 0 aliphatic heterocycles. The summed E-state index contributed by atoms with van der Waals surface area (Å²) < 4.78 is 2.16. The first-order valence-electron chi connectivity index (χ1n) is 4.95. The molecule has 2 aromatic rings. The van der Waals surface area contributed by atoms with Crippen LogP contribution in [-0.4, -0.2) is 0 Å². The number of halogens is 3. The highest BCUT2D eigenvalue weighted by atomic mass is 127. The van der Waals surface area contributed by atoms with Gasteiger partial charge in [-0.25, -0.2) is 0 Å². The van der Waals surface area contributed by atoms with Gasteiger partial charge in [0, 0.05) is 17.8 Å². The van der Waals surface area contributed by atoms with Crippen molar-refractivity contribution in [3.05, 3.63) is 52.6 Å². The van der Waals surface area contributed by atoms with E-state index >= 15 is 0 Å². The van der Waals surface area contributed by atoms with Crippen molar-refractivity contribution in [2.75, 3.05) is 0 Å². The molecule has 0 bridgehead atoms. The van der Waals surface area contributed by atoms with Crippen molar-refractivity contribution in [1.82, 2.24) is 0 Å². The third-order valence-corrected chi connectivity index (χ3v) is 6.28. The number of thiophene rings is 1. The Balaban J connectivity index is 2.36. The fourth-order valence-corrected chi connectivity index (χ4v) is 3.62. The predicted molar refractivity (Wildman–Crippen MR) is 87.0 cm³/mol. The molecule has 0 aliphatic carbocycles. The lowest BCUT2D eigenvalue weighted by Gasteiger charge is -2.10. The Bertz CT molecular complexity index is 536. The van der Waals surface area contributed by atoms with Crippen LogP contribution < -0.4 is 5.73 Å². The number of rotatable bonds is 2. The molecule has 1 aromatic carbocycles. The lowest BCUT2D eigenvalue weighted by molar-refractivity contribution is 0.892. The van der Waals surface area contributed by atoms with Crippen molar-refractivity contribution in [1.29, 1.82) is 0 Å². The number of nitrogens with two attached hydrogens (primary N) is 1. The molecule has 1 nitrogen and oxygen atoms in total. The summed E-state index contributed by atoms with van der Waals surface area (Å²) in [5.74, 6) is 0. The Kier molecular flexibility index (Phi) is 4.52. The van der Waals surface area contributed by atoms with Gasteiger partial charge in [0.05, 0.1) is 11.1 Å². The van der Waals surface area contributed by atoms with Crippen LogP contribution in [0.3, 0.4) is 0 Å². The van der Waals surface area contributed by atoms with E-state index in [1.165, 1.54) is 4.88 Å². The lowest BCUT2D eigenvalue weighted by atomic mass is 10.1. The quantitative estimate of drug-likeness (QED) is 0.642. The van der Waals surface area contributed by atoms with Crippen LogP contribution in [-0.2, 0) is 0 Å². The summed E-state index contributed by atoms with van der Waals surface area (Å²) >= 11 is 13.5. The maximum absolute atomic E-state index is 6.25. The fraction of sp³-hybridized carbons (Fsp3) is 0.167. The Morgan fingerprint density at radius 3 is 2.65 bits per heavy atom. The molecule has 0 fully saturated rings. The largest absolute Gasteiger partial charge is 0.320 e. The molecule has 2 N–H and O–H groups in total. The first kappa shape index (κ1) is 13.8. The summed E-state index contributed by atoms with van der Waals surface area (Å²) in [6.45, 7) is 2.08. The summed E-state index contributed by atoms with van der Waals surface area (Å²) in [5.41, 5.74) is 7.29. The van der Waals surface area contributed by atoms with Gasteiger partial charge in [0.1, 0.15) is 0 Å². The molecule has 1 unspecified atom stereocenters. The first-order chi connectivity index (χ1) is 7.99. The SMILES string of the molecule is Cc1sc(C(N)c2ccc(I)c(Cl)c2)cc1Br. The van der Waals surface area contributed by atoms with Crippen LogP contribution in [0.4, 0.5) is 0 Å². The van der Waals surface area contributed by atoms with Crippen molar-refractivity contribution >= 4 is 61.5 Å². The summed E-state index contributed by atoms with van der Waals surface area (Å²) in [6.07, 6.45) is 0. The van der Waals surface area contributed by atoms with Gasteiger partial charge in [0.25, 0.3) is 0 Å². The monoisotopic (exact) mass is 441 g/mol. The minimum atomic E-state index is -0.112. The normalized spacial score (nSPS) is 12.8. The second-order valence-electron chi connectivity index (χ2n) is 3.70. The van der Waals surface area contributed by atoms with E-state index in [9.17, 15) is 0 Å². The van der Waals surface area contributed by atoms with Gasteiger partial charge in [-0.2, -0.15) is 0 Å². The predicted octanol–water partition coefficient (Wildman–Crippen LogP) is 5.13. The highest BCUT2D eigenvalue weighted by molar-refractivity contribution is 14.1. The van der Waals surface area contributed by atoms with Gasteiger partial charge < -0.3 is 5.73 Å². The van der Waals surface area contributed by atoms with Crippen molar-refractivity contribution in [2.45, 2.75) is 13.0 Å². The van der Waals surface area contributed by atoms with E-state index in [0.29, 0.717) is 0 Å². The molecule has 90 valence electrons. The molecule has 1 atom stereocenters. The van der Waals surface area contributed by atoms with E-state index in [0.717, 1.165) is 23.5 Å². The Hall–Kier alpha value is 0.380. The third-order valence-electron chi connectivity index (χ3n) is 2.49. The molecule has 17 heavy (non-hydrogen) atoms. The summed E-state index contributed by atoms with van der Waals surface area (Å²) in [4.78, 5) is 2.39. The smallest absolute Gasteiger partial charge is 0.0647 e. The fourth-order valence-electron chi connectivity index (χ4n) is 1.50. The zero-order valence-corrected chi connectivity index (χ0v) is 14.3. The molecule has 0 aliphatic rings. The van der Waals surface area contributed by atoms with E-state index in [-0.39, 0.29) is 6.04 Å². The molecule has 0 radical (unpaired) electrons. The van der Waals surface area contributed by atoms with Crippen molar-refractivity contribution in [2.24, 2.45) is 5.73 Å². The van der Waals surface area contributed by atoms with Crippen LogP contribution in [0.15, 0.2) is 28.7 Å². The Morgan fingerprint density at radius 1 is 1.41 bits per heavy atom. The molecule has 1 heterocycles. The minimum Gasteiger partial charge on any atom is -0.320 e. The van der Waals surface area contributed by atoms with Gasteiger partial charge in [-0.05, 0) is 69.2 Å². The van der Waals surface area contributed by atoms with Gasteiger partial charge >= 0.3 is 0 Å². The van der Waals surface area contributed by atoms with Gasteiger partial charge in [-0.3, -0.25) is 0 Å². The highest BCUT2D eigenvalue weighted by Crippen LogP contribution is 2.33. The maximum atomic E-state index is 6.25. The van der Waals surface area contributed by atoms with Gasteiger partial charge in [0.15, 0.2) is 0 Å². The van der Waals surface area contributed by atoms with E-state index in [1.807, 2.05) is 18.2 Å². The summed E-state index contributed by atoms with van der Waals surface area (Å²) in [5, 5.41) is 0.755. The molecule has 0 amide bonds. The lowest BCUT2D eigenvalue weighted by Crippen LogP contribution is -2.10. The second kappa shape index (κ2) is 5.57. The van der Waals surface area contributed by atoms with E-state index < -0.39 is 0 Å². The Labute approximate surface area is 132 Å². The van der Waals surface area contributed by atoms with Crippen LogP contribution in [0.5, 0.6) is 0 Å². The van der Waals surface area contributed by atoms with Crippen molar-refractivity contribution in [3.63, 3.8) is 0 Å². The van der Waals surface area contributed by atoms with Crippen LogP contribution in [0.1, 0.15) is 21.4 Å². The molecular formula is C12H10BrClINS.